The lowest BCUT2D eigenvalue weighted by Crippen LogP contribution is -2.26. The molecule has 1 aromatic heterocycles. The van der Waals surface area contributed by atoms with Crippen molar-refractivity contribution >= 4 is 29.1 Å². The Bertz CT molecular complexity index is 419. The van der Waals surface area contributed by atoms with Gasteiger partial charge in [-0.2, -0.15) is 11.8 Å². The zero-order valence-electron chi connectivity index (χ0n) is 9.33. The summed E-state index contributed by atoms with van der Waals surface area (Å²) in [7, 11) is 0. The SMILES string of the molecule is Nc1nc(N2CCCSCC2)ccc1[N+](=O)[O-]. The van der Waals surface area contributed by atoms with Gasteiger partial charge >= 0.3 is 5.69 Å². The van der Waals surface area contributed by atoms with Gasteiger partial charge in [-0.1, -0.05) is 0 Å². The fourth-order valence-electron chi connectivity index (χ4n) is 1.76. The number of hydrogen-bond donors (Lipinski definition) is 1. The number of anilines is 2. The quantitative estimate of drug-likeness (QED) is 0.636. The average molecular weight is 254 g/mol. The van der Waals surface area contributed by atoms with Crippen molar-refractivity contribution in [3.05, 3.63) is 22.2 Å². The van der Waals surface area contributed by atoms with E-state index in [0.29, 0.717) is 0 Å². The van der Waals surface area contributed by atoms with Crippen molar-refractivity contribution in [3.63, 3.8) is 0 Å². The minimum atomic E-state index is -0.510. The highest BCUT2D eigenvalue weighted by atomic mass is 32.2. The molecule has 7 heteroatoms. The van der Waals surface area contributed by atoms with Crippen LogP contribution >= 0.6 is 11.8 Å². The second kappa shape index (κ2) is 5.22. The minimum absolute atomic E-state index is 0.00981. The van der Waals surface area contributed by atoms with Gasteiger partial charge in [-0.15, -0.1) is 0 Å². The summed E-state index contributed by atoms with van der Waals surface area (Å²) in [6.07, 6.45) is 1.10. The number of hydrogen-bond acceptors (Lipinski definition) is 6. The molecule has 0 atom stereocenters. The van der Waals surface area contributed by atoms with E-state index < -0.39 is 4.92 Å². The Morgan fingerprint density at radius 1 is 1.41 bits per heavy atom. The molecule has 1 fully saturated rings. The highest BCUT2D eigenvalue weighted by molar-refractivity contribution is 7.99. The molecule has 0 bridgehead atoms. The van der Waals surface area contributed by atoms with Gasteiger partial charge in [0, 0.05) is 24.9 Å². The predicted molar refractivity (Wildman–Crippen MR) is 69.5 cm³/mol. The van der Waals surface area contributed by atoms with Crippen LogP contribution in [0, 0.1) is 10.1 Å². The molecule has 6 nitrogen and oxygen atoms in total. The standard InChI is InChI=1S/C10H14N4O2S/c11-10-8(14(15)16)2-3-9(12-10)13-4-1-6-17-7-5-13/h2-3H,1,4-7H2,(H2,11,12). The van der Waals surface area contributed by atoms with E-state index in [1.807, 2.05) is 11.8 Å². The maximum absolute atomic E-state index is 10.6. The third-order valence-corrected chi connectivity index (χ3v) is 3.68. The van der Waals surface area contributed by atoms with Crippen molar-refractivity contribution < 1.29 is 4.92 Å². The summed E-state index contributed by atoms with van der Waals surface area (Å²) in [6, 6.07) is 3.10. The van der Waals surface area contributed by atoms with Crippen molar-refractivity contribution in [3.8, 4) is 0 Å². The number of rotatable bonds is 2. The molecule has 0 amide bonds. The number of nitrogens with zero attached hydrogens (tertiary/aromatic N) is 3. The number of pyridine rings is 1. The van der Waals surface area contributed by atoms with Gasteiger partial charge in [0.1, 0.15) is 5.82 Å². The number of thioether (sulfide) groups is 1. The van der Waals surface area contributed by atoms with E-state index in [4.69, 9.17) is 5.73 Å². The first-order valence-corrected chi connectivity index (χ1v) is 6.57. The topological polar surface area (TPSA) is 85.3 Å². The molecular weight excluding hydrogens is 240 g/mol. The first-order valence-electron chi connectivity index (χ1n) is 5.42. The molecule has 0 aliphatic carbocycles. The van der Waals surface area contributed by atoms with Crippen LogP contribution in [0.5, 0.6) is 0 Å². The zero-order chi connectivity index (χ0) is 12.3. The van der Waals surface area contributed by atoms with Gasteiger partial charge in [0.15, 0.2) is 0 Å². The fraction of sp³-hybridized carbons (Fsp3) is 0.500. The van der Waals surface area contributed by atoms with E-state index in [2.05, 4.69) is 9.88 Å². The highest BCUT2D eigenvalue weighted by Gasteiger charge is 2.16. The van der Waals surface area contributed by atoms with Crippen LogP contribution in [0.25, 0.3) is 0 Å². The van der Waals surface area contributed by atoms with Crippen LogP contribution in [-0.4, -0.2) is 34.5 Å². The zero-order valence-corrected chi connectivity index (χ0v) is 10.2. The summed E-state index contributed by atoms with van der Waals surface area (Å²) in [6.45, 7) is 1.84. The molecule has 1 aliphatic rings. The van der Waals surface area contributed by atoms with Crippen LogP contribution in [0.1, 0.15) is 6.42 Å². The smallest absolute Gasteiger partial charge is 0.311 e. The first-order chi connectivity index (χ1) is 8.18. The number of nitrogen functional groups attached to an aromatic ring is 1. The summed E-state index contributed by atoms with van der Waals surface area (Å²) >= 11 is 1.92. The third-order valence-electron chi connectivity index (χ3n) is 2.63. The van der Waals surface area contributed by atoms with Gasteiger partial charge in [-0.05, 0) is 18.2 Å². The number of aromatic nitrogens is 1. The van der Waals surface area contributed by atoms with Crippen molar-refractivity contribution in [1.29, 1.82) is 0 Å². The van der Waals surface area contributed by atoms with Gasteiger partial charge in [0.25, 0.3) is 0 Å². The molecule has 0 saturated carbocycles. The average Bonchev–Trinajstić information content (AvgIpc) is 2.56. The third kappa shape index (κ3) is 2.79. The Morgan fingerprint density at radius 2 is 2.24 bits per heavy atom. The second-order valence-electron chi connectivity index (χ2n) is 3.78. The molecule has 2 rings (SSSR count). The molecule has 92 valence electrons. The Hall–Kier alpha value is -1.50. The largest absolute Gasteiger partial charge is 0.378 e. The molecule has 0 unspecified atom stereocenters. The van der Waals surface area contributed by atoms with Gasteiger partial charge in [-0.3, -0.25) is 10.1 Å². The van der Waals surface area contributed by atoms with Crippen LogP contribution in [0.4, 0.5) is 17.3 Å². The molecule has 0 radical (unpaired) electrons. The monoisotopic (exact) mass is 254 g/mol. The van der Waals surface area contributed by atoms with Crippen LogP contribution in [0.2, 0.25) is 0 Å². The molecule has 0 spiro atoms. The van der Waals surface area contributed by atoms with E-state index in [1.165, 1.54) is 6.07 Å². The molecule has 2 heterocycles. The molecule has 1 saturated heterocycles. The van der Waals surface area contributed by atoms with Crippen LogP contribution in [0.15, 0.2) is 12.1 Å². The number of nitrogens with two attached hydrogens (primary N) is 1. The molecule has 1 aliphatic heterocycles. The highest BCUT2D eigenvalue weighted by Crippen LogP contribution is 2.24. The lowest BCUT2D eigenvalue weighted by atomic mass is 10.3. The molecule has 17 heavy (non-hydrogen) atoms. The van der Waals surface area contributed by atoms with Gasteiger partial charge in [0.05, 0.1) is 4.92 Å². The predicted octanol–water partition coefficient (Wildman–Crippen LogP) is 1.52. The summed E-state index contributed by atoms with van der Waals surface area (Å²) in [5.41, 5.74) is 5.46. The lowest BCUT2D eigenvalue weighted by Gasteiger charge is -2.20. The lowest BCUT2D eigenvalue weighted by molar-refractivity contribution is -0.384. The molecule has 1 aromatic rings. The van der Waals surface area contributed by atoms with Gasteiger partial charge < -0.3 is 10.6 Å². The Labute approximate surface area is 103 Å². The van der Waals surface area contributed by atoms with E-state index in [1.54, 1.807) is 6.07 Å². The van der Waals surface area contributed by atoms with E-state index in [0.717, 1.165) is 36.8 Å². The van der Waals surface area contributed by atoms with Crippen LogP contribution < -0.4 is 10.6 Å². The Kier molecular flexibility index (Phi) is 3.68. The summed E-state index contributed by atoms with van der Waals surface area (Å²) in [4.78, 5) is 16.4. The molecular formula is C10H14N4O2S. The van der Waals surface area contributed by atoms with E-state index >= 15 is 0 Å². The maximum atomic E-state index is 10.6. The minimum Gasteiger partial charge on any atom is -0.378 e. The number of nitro groups is 1. The fourth-order valence-corrected chi connectivity index (χ4v) is 2.65. The van der Waals surface area contributed by atoms with Gasteiger partial charge in [0.2, 0.25) is 5.82 Å². The molecule has 2 N–H and O–H groups in total. The van der Waals surface area contributed by atoms with Gasteiger partial charge in [-0.25, -0.2) is 4.98 Å². The Morgan fingerprint density at radius 3 is 2.94 bits per heavy atom. The van der Waals surface area contributed by atoms with Crippen molar-refractivity contribution in [2.75, 3.05) is 35.2 Å². The van der Waals surface area contributed by atoms with Crippen molar-refractivity contribution in [2.24, 2.45) is 0 Å². The first kappa shape index (κ1) is 12.0. The van der Waals surface area contributed by atoms with Crippen LogP contribution in [-0.2, 0) is 0 Å². The Balaban J connectivity index is 2.21. The van der Waals surface area contributed by atoms with E-state index in [9.17, 15) is 10.1 Å². The van der Waals surface area contributed by atoms with Crippen LogP contribution in [0.3, 0.4) is 0 Å². The van der Waals surface area contributed by atoms with E-state index in [-0.39, 0.29) is 11.5 Å². The second-order valence-corrected chi connectivity index (χ2v) is 5.01. The normalized spacial score (nSPS) is 16.6. The maximum Gasteiger partial charge on any atom is 0.311 e. The molecule has 0 aromatic carbocycles. The summed E-state index contributed by atoms with van der Waals surface area (Å²) < 4.78 is 0. The van der Waals surface area contributed by atoms with Crippen molar-refractivity contribution in [1.82, 2.24) is 4.98 Å². The summed E-state index contributed by atoms with van der Waals surface area (Å²) in [5.74, 6) is 2.93. The summed E-state index contributed by atoms with van der Waals surface area (Å²) in [5, 5.41) is 10.6. The van der Waals surface area contributed by atoms with Crippen molar-refractivity contribution in [2.45, 2.75) is 6.42 Å².